The van der Waals surface area contributed by atoms with Crippen LogP contribution in [0.5, 0.6) is 5.75 Å². The van der Waals surface area contributed by atoms with E-state index in [-0.39, 0.29) is 16.3 Å². The van der Waals surface area contributed by atoms with Crippen LogP contribution in [0, 0.1) is 0 Å². The molecule has 2 N–H and O–H groups in total. The Balaban J connectivity index is 0.000000195. The average molecular weight is 755 g/mol. The molecular weight excluding hydrogens is 731 g/mol. The molecule has 0 radical (unpaired) electrons. The summed E-state index contributed by atoms with van der Waals surface area (Å²) < 4.78 is 109. The van der Waals surface area contributed by atoms with Crippen LogP contribution in [0.1, 0.15) is 11.4 Å². The molecule has 0 atom stereocenters. The molecule has 0 amide bonds. The number of primary sulfonamides is 1. The van der Waals surface area contributed by atoms with E-state index in [9.17, 15) is 34.8 Å². The van der Waals surface area contributed by atoms with Gasteiger partial charge in [-0.15, -0.1) is 0 Å². The Labute approximate surface area is 291 Å². The topological polar surface area (TPSA) is 105 Å². The highest BCUT2D eigenvalue weighted by Gasteiger charge is 2.36. The van der Waals surface area contributed by atoms with Crippen molar-refractivity contribution >= 4 is 33.2 Å². The highest BCUT2D eigenvalue weighted by molar-refractivity contribution is 7.89. The Kier molecular flexibility index (Phi) is 10.3. The van der Waals surface area contributed by atoms with Gasteiger partial charge in [-0.2, -0.15) is 36.5 Å². The number of benzene rings is 4. The maximum absolute atomic E-state index is 13.1. The minimum Gasteiger partial charge on any atom is -0.497 e. The first kappa shape index (κ1) is 36.5. The van der Waals surface area contributed by atoms with Crippen molar-refractivity contribution in [1.82, 2.24) is 19.6 Å². The SMILES string of the molecule is COc1ccc(-n2nc(C(F)(F)F)cc2-c2ccc(Cl)cc2)cc1.NS(=O)(=O)c1ccc(-n2nc(C(F)(F)F)cc2-c2ccc(Cl)cc2)cc1. The van der Waals surface area contributed by atoms with Crippen molar-refractivity contribution in [3.05, 3.63) is 131 Å². The summed E-state index contributed by atoms with van der Waals surface area (Å²) in [5.41, 5.74) is 0.267. The highest BCUT2D eigenvalue weighted by Crippen LogP contribution is 2.35. The van der Waals surface area contributed by atoms with Gasteiger partial charge < -0.3 is 4.74 Å². The van der Waals surface area contributed by atoms with Crippen molar-refractivity contribution in [2.75, 3.05) is 7.11 Å². The second-order valence-electron chi connectivity index (χ2n) is 10.4. The number of sulfonamides is 1. The summed E-state index contributed by atoms with van der Waals surface area (Å²) in [4.78, 5) is -0.155. The lowest BCUT2D eigenvalue weighted by atomic mass is 10.1. The lowest BCUT2D eigenvalue weighted by molar-refractivity contribution is -0.142. The molecule has 6 rings (SSSR count). The summed E-state index contributed by atoms with van der Waals surface area (Å²) >= 11 is 11.7. The fourth-order valence-electron chi connectivity index (χ4n) is 4.59. The third-order valence-corrected chi connectivity index (χ3v) is 8.44. The number of hydrogen-bond donors (Lipinski definition) is 1. The molecule has 0 aliphatic rings. The van der Waals surface area contributed by atoms with E-state index < -0.39 is 33.8 Å². The summed E-state index contributed by atoms with van der Waals surface area (Å²) in [6, 6.07) is 26.4. The third kappa shape index (κ3) is 8.48. The van der Waals surface area contributed by atoms with E-state index in [0.717, 1.165) is 16.8 Å². The van der Waals surface area contributed by atoms with Crippen LogP contribution in [0.25, 0.3) is 33.9 Å². The molecule has 2 heterocycles. The van der Waals surface area contributed by atoms with Crippen LogP contribution in [-0.2, 0) is 22.4 Å². The first-order valence-corrected chi connectivity index (χ1v) is 16.4. The first-order valence-electron chi connectivity index (χ1n) is 14.1. The standard InChI is InChI=1S/C17H12ClF3N2O.C16H11ClF3N3O2S/c1-24-14-8-6-13(7-9-14)23-15(10-16(22-23)17(19,20)21)11-2-4-12(18)5-3-11;17-11-3-1-10(2-4-11)14-9-15(16(18,19)20)22-23(14)12-5-7-13(8-6-12)26(21,24)25/h2-10H,1H3;1-9H,(H2,21,24,25). The van der Waals surface area contributed by atoms with Crippen LogP contribution < -0.4 is 9.88 Å². The summed E-state index contributed by atoms with van der Waals surface area (Å²) in [6.07, 6.45) is -9.16. The molecule has 0 unspecified atom stereocenters. The van der Waals surface area contributed by atoms with Gasteiger partial charge in [-0.25, -0.2) is 22.9 Å². The molecule has 0 aliphatic heterocycles. The zero-order chi connectivity index (χ0) is 36.4. The van der Waals surface area contributed by atoms with E-state index >= 15 is 0 Å². The summed E-state index contributed by atoms with van der Waals surface area (Å²) in [7, 11) is -2.39. The number of methoxy groups -OCH3 is 1. The zero-order valence-electron chi connectivity index (χ0n) is 25.4. The predicted molar refractivity (Wildman–Crippen MR) is 176 cm³/mol. The van der Waals surface area contributed by atoms with Crippen molar-refractivity contribution in [1.29, 1.82) is 0 Å². The van der Waals surface area contributed by atoms with Crippen LogP contribution in [0.3, 0.4) is 0 Å². The van der Waals surface area contributed by atoms with Gasteiger partial charge in [0.15, 0.2) is 11.4 Å². The molecule has 4 aromatic carbocycles. The van der Waals surface area contributed by atoms with Crippen LogP contribution in [0.15, 0.2) is 114 Å². The molecule has 260 valence electrons. The van der Waals surface area contributed by atoms with E-state index in [1.807, 2.05) is 0 Å². The smallest absolute Gasteiger partial charge is 0.435 e. The van der Waals surface area contributed by atoms with E-state index in [4.69, 9.17) is 33.1 Å². The van der Waals surface area contributed by atoms with E-state index in [0.29, 0.717) is 38.3 Å². The van der Waals surface area contributed by atoms with Crippen molar-refractivity contribution in [2.24, 2.45) is 5.14 Å². The Morgan fingerprint density at radius 3 is 1.30 bits per heavy atom. The number of aromatic nitrogens is 4. The molecule has 0 saturated carbocycles. The summed E-state index contributed by atoms with van der Waals surface area (Å²) in [6.45, 7) is 0. The largest absolute Gasteiger partial charge is 0.497 e. The zero-order valence-corrected chi connectivity index (χ0v) is 27.7. The number of ether oxygens (including phenoxy) is 1. The lowest BCUT2D eigenvalue weighted by Gasteiger charge is -2.08. The van der Waals surface area contributed by atoms with Gasteiger partial charge in [0, 0.05) is 21.2 Å². The van der Waals surface area contributed by atoms with Crippen molar-refractivity contribution in [3.63, 3.8) is 0 Å². The Morgan fingerprint density at radius 2 is 0.980 bits per heavy atom. The number of halogens is 8. The molecular formula is C33H23Cl2F6N5O3S. The predicted octanol–water partition coefficient (Wildman–Crippen LogP) is 9.08. The Hall–Kier alpha value is -4.83. The molecule has 0 fully saturated rings. The quantitative estimate of drug-likeness (QED) is 0.171. The van der Waals surface area contributed by atoms with Crippen LogP contribution in [0.4, 0.5) is 26.3 Å². The Morgan fingerprint density at radius 1 is 0.620 bits per heavy atom. The second kappa shape index (κ2) is 14.2. The number of rotatable bonds is 6. The normalized spacial score (nSPS) is 12.0. The number of nitrogens with zero attached hydrogens (tertiary/aromatic N) is 4. The molecule has 0 spiro atoms. The number of alkyl halides is 6. The van der Waals surface area contributed by atoms with Gasteiger partial charge in [0.2, 0.25) is 10.0 Å². The van der Waals surface area contributed by atoms with Gasteiger partial charge in [0.25, 0.3) is 0 Å². The second-order valence-corrected chi connectivity index (χ2v) is 12.8. The van der Waals surface area contributed by atoms with Gasteiger partial charge in [-0.05, 0) is 84.9 Å². The number of hydrogen-bond acceptors (Lipinski definition) is 5. The molecule has 2 aromatic heterocycles. The monoisotopic (exact) mass is 753 g/mol. The Bertz CT molecular complexity index is 2200. The van der Waals surface area contributed by atoms with Crippen LogP contribution in [-0.4, -0.2) is 35.1 Å². The van der Waals surface area contributed by atoms with E-state index in [1.165, 1.54) is 36.1 Å². The molecule has 17 heteroatoms. The van der Waals surface area contributed by atoms with Gasteiger partial charge in [0.1, 0.15) is 5.75 Å². The highest BCUT2D eigenvalue weighted by atomic mass is 35.5. The van der Waals surface area contributed by atoms with E-state index in [1.54, 1.807) is 72.8 Å². The minimum absolute atomic E-state index is 0.155. The third-order valence-electron chi connectivity index (χ3n) is 7.01. The van der Waals surface area contributed by atoms with Crippen molar-refractivity contribution < 1.29 is 39.5 Å². The molecule has 0 aliphatic carbocycles. The summed E-state index contributed by atoms with van der Waals surface area (Å²) in [5.74, 6) is 0.606. The van der Waals surface area contributed by atoms with Gasteiger partial charge in [-0.3, -0.25) is 0 Å². The van der Waals surface area contributed by atoms with Crippen molar-refractivity contribution in [3.8, 4) is 39.6 Å². The lowest BCUT2D eigenvalue weighted by Crippen LogP contribution is -2.12. The number of nitrogens with two attached hydrogens (primary N) is 1. The fraction of sp³-hybridized carbons (Fsp3) is 0.0909. The molecule has 0 saturated heterocycles. The van der Waals surface area contributed by atoms with Gasteiger partial charge in [-0.1, -0.05) is 47.5 Å². The van der Waals surface area contributed by atoms with E-state index in [2.05, 4.69) is 10.2 Å². The molecule has 0 bridgehead atoms. The van der Waals surface area contributed by atoms with Crippen molar-refractivity contribution in [2.45, 2.75) is 17.2 Å². The first-order chi connectivity index (χ1) is 23.4. The molecule has 6 aromatic rings. The van der Waals surface area contributed by atoms with Gasteiger partial charge >= 0.3 is 12.4 Å². The average Bonchev–Trinajstić information content (AvgIpc) is 3.72. The molecule has 8 nitrogen and oxygen atoms in total. The maximum Gasteiger partial charge on any atom is 0.435 e. The van der Waals surface area contributed by atoms with Crippen LogP contribution >= 0.6 is 23.2 Å². The van der Waals surface area contributed by atoms with Gasteiger partial charge in [0.05, 0.1) is 34.8 Å². The molecule has 50 heavy (non-hydrogen) atoms. The maximum atomic E-state index is 13.1. The van der Waals surface area contributed by atoms with Crippen LogP contribution in [0.2, 0.25) is 10.0 Å². The summed E-state index contributed by atoms with van der Waals surface area (Å²) in [5, 5.41) is 13.3. The fourth-order valence-corrected chi connectivity index (χ4v) is 5.35. The minimum atomic E-state index is -4.63.